The number of nitrogens with two attached hydrogens (primary N) is 1. The molecule has 3 atom stereocenters. The molecule has 128 valence electrons. The molecular formula is C15H23N3O5. The molecule has 1 saturated heterocycles. The molecule has 0 spiro atoms. The Bertz CT molecular complexity index is 628. The molecule has 0 aliphatic carbocycles. The van der Waals surface area contributed by atoms with E-state index in [1.165, 1.54) is 4.57 Å². The molecule has 1 fully saturated rings. The average molecular weight is 325 g/mol. The van der Waals surface area contributed by atoms with Gasteiger partial charge in [0, 0.05) is 26.0 Å². The molecular weight excluding hydrogens is 302 g/mol. The van der Waals surface area contributed by atoms with Crippen LogP contribution in [0.5, 0.6) is 0 Å². The van der Waals surface area contributed by atoms with Crippen molar-refractivity contribution in [1.29, 1.82) is 0 Å². The maximum absolute atomic E-state index is 12.2. The second-order valence-corrected chi connectivity index (χ2v) is 5.18. The van der Waals surface area contributed by atoms with Crippen molar-refractivity contribution >= 4 is 5.82 Å². The van der Waals surface area contributed by atoms with E-state index in [1.54, 1.807) is 33.4 Å². The van der Waals surface area contributed by atoms with Crippen LogP contribution in [0.1, 0.15) is 18.7 Å². The van der Waals surface area contributed by atoms with E-state index >= 15 is 0 Å². The Balaban J connectivity index is 2.37. The van der Waals surface area contributed by atoms with Gasteiger partial charge in [-0.2, -0.15) is 4.98 Å². The predicted molar refractivity (Wildman–Crippen MR) is 83.9 cm³/mol. The van der Waals surface area contributed by atoms with Gasteiger partial charge in [-0.1, -0.05) is 0 Å². The largest absolute Gasteiger partial charge is 0.469 e. The number of aryl methyl sites for hydroxylation is 1. The Kier molecular flexibility index (Phi) is 5.75. The smallest absolute Gasteiger partial charge is 0.352 e. The van der Waals surface area contributed by atoms with Crippen molar-refractivity contribution < 1.29 is 18.9 Å². The van der Waals surface area contributed by atoms with E-state index in [0.717, 1.165) is 0 Å². The maximum atomic E-state index is 12.2. The fourth-order valence-corrected chi connectivity index (χ4v) is 2.48. The molecule has 23 heavy (non-hydrogen) atoms. The molecule has 2 rings (SSSR count). The van der Waals surface area contributed by atoms with E-state index < -0.39 is 24.1 Å². The Hall–Kier alpha value is -1.90. The summed E-state index contributed by atoms with van der Waals surface area (Å²) in [7, 11) is 3.16. The van der Waals surface area contributed by atoms with Gasteiger partial charge >= 0.3 is 5.69 Å². The lowest BCUT2D eigenvalue weighted by Gasteiger charge is -2.23. The molecule has 0 aromatic carbocycles. The van der Waals surface area contributed by atoms with Crippen molar-refractivity contribution in [3.8, 4) is 0 Å². The van der Waals surface area contributed by atoms with Gasteiger partial charge in [-0.25, -0.2) is 4.79 Å². The van der Waals surface area contributed by atoms with E-state index in [4.69, 9.17) is 24.7 Å². The molecule has 1 unspecified atom stereocenters. The quantitative estimate of drug-likeness (QED) is 0.765. The van der Waals surface area contributed by atoms with Crippen LogP contribution in [0.15, 0.2) is 22.8 Å². The molecule has 1 aliphatic heterocycles. The molecule has 8 nitrogen and oxygen atoms in total. The van der Waals surface area contributed by atoms with Crippen molar-refractivity contribution in [3.63, 3.8) is 0 Å². The number of allylic oxidation sites excluding steroid dienone is 1. The minimum Gasteiger partial charge on any atom is -0.469 e. The monoisotopic (exact) mass is 325 g/mol. The summed E-state index contributed by atoms with van der Waals surface area (Å²) in [4.78, 5) is 16.0. The third-order valence-corrected chi connectivity index (χ3v) is 3.70. The fourth-order valence-electron chi connectivity index (χ4n) is 2.48. The summed E-state index contributed by atoms with van der Waals surface area (Å²) in [5.74, 6) is 0.817. The van der Waals surface area contributed by atoms with Gasteiger partial charge in [0.15, 0.2) is 0 Å². The number of anilines is 1. The molecule has 0 amide bonds. The molecule has 2 heterocycles. The SMILES string of the molecule is C/C=C1\O[C@@H](n2cc(C)c(N)nc2=O)[C@@H](OCCOC)C1OC. The van der Waals surface area contributed by atoms with Crippen molar-refractivity contribution in [2.24, 2.45) is 0 Å². The molecule has 8 heteroatoms. The van der Waals surface area contributed by atoms with Crippen molar-refractivity contribution in [2.45, 2.75) is 32.3 Å². The van der Waals surface area contributed by atoms with Gasteiger partial charge in [-0.15, -0.1) is 0 Å². The van der Waals surface area contributed by atoms with Crippen LogP contribution in [0, 0.1) is 6.92 Å². The highest BCUT2D eigenvalue weighted by atomic mass is 16.6. The van der Waals surface area contributed by atoms with Gasteiger partial charge in [0.1, 0.15) is 23.8 Å². The molecule has 1 aliphatic rings. The van der Waals surface area contributed by atoms with E-state index in [1.807, 2.05) is 6.92 Å². The molecule has 0 saturated carbocycles. The molecule has 1 aromatic heterocycles. The third kappa shape index (κ3) is 3.54. The summed E-state index contributed by atoms with van der Waals surface area (Å²) in [6.07, 6.45) is 1.83. The maximum Gasteiger partial charge on any atom is 0.352 e. The number of aromatic nitrogens is 2. The summed E-state index contributed by atoms with van der Waals surface area (Å²) in [6, 6.07) is 0. The van der Waals surface area contributed by atoms with Gasteiger partial charge in [-0.05, 0) is 19.9 Å². The Morgan fingerprint density at radius 1 is 1.43 bits per heavy atom. The van der Waals surface area contributed by atoms with E-state index in [-0.39, 0.29) is 5.82 Å². The number of methoxy groups -OCH3 is 2. The number of rotatable bonds is 6. The lowest BCUT2D eigenvalue weighted by atomic mass is 10.1. The summed E-state index contributed by atoms with van der Waals surface area (Å²) in [6.45, 7) is 4.40. The van der Waals surface area contributed by atoms with Crippen LogP contribution in [0.4, 0.5) is 5.82 Å². The molecule has 0 radical (unpaired) electrons. The number of nitrogens with zero attached hydrogens (tertiary/aromatic N) is 2. The van der Waals surface area contributed by atoms with Crippen LogP contribution in [0.3, 0.4) is 0 Å². The normalized spacial score (nSPS) is 25.7. The van der Waals surface area contributed by atoms with Crippen molar-refractivity contribution in [1.82, 2.24) is 9.55 Å². The first kappa shape index (κ1) is 17.5. The van der Waals surface area contributed by atoms with Gasteiger partial charge in [-0.3, -0.25) is 4.57 Å². The zero-order valence-corrected chi connectivity index (χ0v) is 13.8. The lowest BCUT2D eigenvalue weighted by molar-refractivity contribution is -0.0829. The van der Waals surface area contributed by atoms with Gasteiger partial charge in [0.25, 0.3) is 0 Å². The van der Waals surface area contributed by atoms with Crippen LogP contribution < -0.4 is 11.4 Å². The number of ether oxygens (including phenoxy) is 4. The summed E-state index contributed by atoms with van der Waals surface area (Å²) in [5, 5.41) is 0. The standard InChI is InChI=1S/C15H23N3O5/c1-5-10-11(21-4)12(22-7-6-20-3)14(23-10)18-8-9(2)13(16)17-15(18)19/h5,8,11-12,14H,6-7H2,1-4H3,(H2,16,17,19)/b10-5-/t11?,12-,14+/m0/s1. The number of hydrogen-bond donors (Lipinski definition) is 1. The minimum absolute atomic E-state index is 0.204. The second-order valence-electron chi connectivity index (χ2n) is 5.18. The predicted octanol–water partition coefficient (Wildman–Crippen LogP) is 0.613. The Morgan fingerprint density at radius 3 is 2.78 bits per heavy atom. The lowest BCUT2D eigenvalue weighted by Crippen LogP contribution is -2.38. The number of nitrogen functional groups attached to an aromatic ring is 1. The topological polar surface area (TPSA) is 97.8 Å². The molecule has 1 aromatic rings. The van der Waals surface area contributed by atoms with Crippen LogP contribution >= 0.6 is 0 Å². The highest BCUT2D eigenvalue weighted by Gasteiger charge is 2.44. The molecule has 0 bridgehead atoms. The third-order valence-electron chi connectivity index (χ3n) is 3.70. The number of hydrogen-bond acceptors (Lipinski definition) is 7. The average Bonchev–Trinajstić information content (AvgIpc) is 2.88. The summed E-state index contributed by atoms with van der Waals surface area (Å²) >= 11 is 0. The van der Waals surface area contributed by atoms with Gasteiger partial charge in [0.05, 0.1) is 13.2 Å². The fraction of sp³-hybridized carbons (Fsp3) is 0.600. The van der Waals surface area contributed by atoms with E-state index in [0.29, 0.717) is 24.5 Å². The summed E-state index contributed by atoms with van der Waals surface area (Å²) < 4.78 is 23.6. The van der Waals surface area contributed by atoms with Crippen LogP contribution in [-0.2, 0) is 18.9 Å². The van der Waals surface area contributed by atoms with Crippen molar-refractivity contribution in [2.75, 3.05) is 33.2 Å². The zero-order chi connectivity index (χ0) is 17.0. The minimum atomic E-state index is -0.678. The second kappa shape index (κ2) is 7.58. The Labute approximate surface area is 134 Å². The highest BCUT2D eigenvalue weighted by Crippen LogP contribution is 2.35. The highest BCUT2D eigenvalue weighted by molar-refractivity contribution is 5.35. The van der Waals surface area contributed by atoms with E-state index in [9.17, 15) is 4.79 Å². The Morgan fingerprint density at radius 2 is 2.17 bits per heavy atom. The first-order valence-electron chi connectivity index (χ1n) is 7.35. The van der Waals surface area contributed by atoms with Crippen LogP contribution in [-0.4, -0.2) is 49.2 Å². The van der Waals surface area contributed by atoms with Crippen molar-refractivity contribution in [3.05, 3.63) is 34.1 Å². The van der Waals surface area contributed by atoms with Gasteiger partial charge in [0.2, 0.25) is 6.23 Å². The van der Waals surface area contributed by atoms with E-state index in [2.05, 4.69) is 4.98 Å². The zero-order valence-electron chi connectivity index (χ0n) is 13.8. The van der Waals surface area contributed by atoms with Crippen LogP contribution in [0.2, 0.25) is 0 Å². The summed E-state index contributed by atoms with van der Waals surface area (Å²) in [5.41, 5.74) is 5.87. The van der Waals surface area contributed by atoms with Gasteiger partial charge < -0.3 is 24.7 Å². The van der Waals surface area contributed by atoms with Crippen LogP contribution in [0.25, 0.3) is 0 Å². The first-order valence-corrected chi connectivity index (χ1v) is 7.35. The first-order chi connectivity index (χ1) is 11.0. The molecule has 2 N–H and O–H groups in total.